The summed E-state index contributed by atoms with van der Waals surface area (Å²) < 4.78 is 5.87. The van der Waals surface area contributed by atoms with Gasteiger partial charge < -0.3 is 24.4 Å². The van der Waals surface area contributed by atoms with E-state index in [0.717, 1.165) is 36.5 Å². The molecular formula is C19H30N4O3. The maximum Gasteiger partial charge on any atom is 0.242 e. The van der Waals surface area contributed by atoms with Gasteiger partial charge in [0.2, 0.25) is 11.8 Å². The van der Waals surface area contributed by atoms with E-state index in [0.29, 0.717) is 32.7 Å². The summed E-state index contributed by atoms with van der Waals surface area (Å²) >= 11 is 0. The second kappa shape index (κ2) is 8.22. The fraction of sp³-hybridized carbons (Fsp3) is 0.684. The molecule has 1 atom stereocenters. The Morgan fingerprint density at radius 3 is 2.81 bits per heavy atom. The van der Waals surface area contributed by atoms with Gasteiger partial charge in [-0.3, -0.25) is 9.59 Å². The van der Waals surface area contributed by atoms with Gasteiger partial charge in [0, 0.05) is 50.5 Å². The van der Waals surface area contributed by atoms with E-state index < -0.39 is 0 Å². The lowest BCUT2D eigenvalue weighted by Crippen LogP contribution is -2.49. The fourth-order valence-electron chi connectivity index (χ4n) is 3.76. The topological polar surface area (TPSA) is 68.9 Å². The third-order valence-corrected chi connectivity index (χ3v) is 5.23. The van der Waals surface area contributed by atoms with Gasteiger partial charge >= 0.3 is 0 Å². The molecule has 144 valence electrons. The summed E-state index contributed by atoms with van der Waals surface area (Å²) in [6, 6.07) is 2.09. The second-order valence-corrected chi connectivity index (χ2v) is 7.55. The van der Waals surface area contributed by atoms with Crippen molar-refractivity contribution in [3.05, 3.63) is 23.0 Å². The van der Waals surface area contributed by atoms with Crippen LogP contribution in [0.1, 0.15) is 29.8 Å². The highest BCUT2D eigenvalue weighted by molar-refractivity contribution is 5.85. The van der Waals surface area contributed by atoms with E-state index in [1.807, 2.05) is 18.7 Å². The van der Waals surface area contributed by atoms with E-state index in [1.54, 1.807) is 4.90 Å². The molecule has 7 heteroatoms. The predicted octanol–water partition coefficient (Wildman–Crippen LogP) is 0.913. The second-order valence-electron chi connectivity index (χ2n) is 7.55. The summed E-state index contributed by atoms with van der Waals surface area (Å²) in [7, 11) is 2.07. The molecule has 2 amide bonds. The van der Waals surface area contributed by atoms with Gasteiger partial charge in [0.05, 0.1) is 19.3 Å². The average molecular weight is 362 g/mol. The van der Waals surface area contributed by atoms with Gasteiger partial charge in [-0.1, -0.05) is 0 Å². The van der Waals surface area contributed by atoms with Gasteiger partial charge in [-0.25, -0.2) is 0 Å². The monoisotopic (exact) mass is 362 g/mol. The number of nitrogens with zero attached hydrogens (tertiary/aromatic N) is 3. The lowest BCUT2D eigenvalue weighted by atomic mass is 10.2. The lowest BCUT2D eigenvalue weighted by Gasteiger charge is -2.34. The van der Waals surface area contributed by atoms with Crippen molar-refractivity contribution >= 4 is 11.8 Å². The van der Waals surface area contributed by atoms with E-state index >= 15 is 0 Å². The van der Waals surface area contributed by atoms with Crippen molar-refractivity contribution in [2.45, 2.75) is 39.3 Å². The zero-order valence-corrected chi connectivity index (χ0v) is 16.1. The molecule has 0 spiro atoms. The van der Waals surface area contributed by atoms with E-state index in [2.05, 4.69) is 23.0 Å². The van der Waals surface area contributed by atoms with Crippen LogP contribution in [-0.4, -0.2) is 84.0 Å². The summed E-state index contributed by atoms with van der Waals surface area (Å²) in [5.41, 5.74) is 3.29. The molecule has 26 heavy (non-hydrogen) atoms. The number of hydrogen-bond donors (Lipinski definition) is 1. The SMILES string of the molecule is Cc1cc(CN(CC2CN(C)CCO2)C(=O)CN2CCCC2=O)c(C)[nH]1. The highest BCUT2D eigenvalue weighted by Gasteiger charge is 2.28. The van der Waals surface area contributed by atoms with Crippen molar-refractivity contribution < 1.29 is 14.3 Å². The zero-order valence-electron chi connectivity index (χ0n) is 16.1. The number of carbonyl (C=O) groups excluding carboxylic acids is 2. The largest absolute Gasteiger partial charge is 0.374 e. The lowest BCUT2D eigenvalue weighted by molar-refractivity contribution is -0.141. The number of aromatic amines is 1. The molecule has 1 aromatic heterocycles. The minimum Gasteiger partial charge on any atom is -0.374 e. The molecule has 1 N–H and O–H groups in total. The van der Waals surface area contributed by atoms with E-state index in [1.165, 1.54) is 0 Å². The van der Waals surface area contributed by atoms with Crippen LogP contribution in [0.3, 0.4) is 0 Å². The number of likely N-dealkylation sites (tertiary alicyclic amines) is 1. The van der Waals surface area contributed by atoms with Crippen LogP contribution in [0.5, 0.6) is 0 Å². The van der Waals surface area contributed by atoms with Crippen molar-refractivity contribution in [2.24, 2.45) is 0 Å². The molecule has 2 aliphatic rings. The van der Waals surface area contributed by atoms with Crippen LogP contribution in [-0.2, 0) is 20.9 Å². The number of amides is 2. The van der Waals surface area contributed by atoms with Crippen LogP contribution in [0.2, 0.25) is 0 Å². The number of ether oxygens (including phenoxy) is 1. The average Bonchev–Trinajstić information content (AvgIpc) is 3.12. The number of carbonyl (C=O) groups is 2. The van der Waals surface area contributed by atoms with Gasteiger partial charge in [-0.2, -0.15) is 0 Å². The van der Waals surface area contributed by atoms with Gasteiger partial charge in [0.15, 0.2) is 0 Å². The predicted molar refractivity (Wildman–Crippen MR) is 98.7 cm³/mol. The number of rotatable bonds is 6. The molecule has 3 rings (SSSR count). The minimum atomic E-state index is -0.00432. The molecule has 7 nitrogen and oxygen atoms in total. The molecule has 0 bridgehead atoms. The Labute approximate surface area is 155 Å². The van der Waals surface area contributed by atoms with Crippen molar-refractivity contribution in [3.8, 4) is 0 Å². The highest BCUT2D eigenvalue weighted by atomic mass is 16.5. The van der Waals surface area contributed by atoms with Crippen LogP contribution in [0.4, 0.5) is 0 Å². The summed E-state index contributed by atoms with van der Waals surface area (Å²) in [4.78, 5) is 33.9. The molecule has 2 fully saturated rings. The third-order valence-electron chi connectivity index (χ3n) is 5.23. The van der Waals surface area contributed by atoms with Crippen LogP contribution < -0.4 is 0 Å². The molecule has 0 saturated carbocycles. The van der Waals surface area contributed by atoms with Crippen molar-refractivity contribution in [1.82, 2.24) is 19.7 Å². The molecule has 0 aromatic carbocycles. The highest BCUT2D eigenvalue weighted by Crippen LogP contribution is 2.16. The van der Waals surface area contributed by atoms with Crippen LogP contribution in [0, 0.1) is 13.8 Å². The first-order chi connectivity index (χ1) is 12.4. The number of hydrogen-bond acceptors (Lipinski definition) is 4. The van der Waals surface area contributed by atoms with Crippen molar-refractivity contribution in [2.75, 3.05) is 46.4 Å². The molecule has 1 aromatic rings. The molecule has 3 heterocycles. The molecule has 0 aliphatic carbocycles. The quantitative estimate of drug-likeness (QED) is 0.817. The molecule has 0 radical (unpaired) electrons. The fourth-order valence-corrected chi connectivity index (χ4v) is 3.76. The van der Waals surface area contributed by atoms with Crippen molar-refractivity contribution in [1.29, 1.82) is 0 Å². The Kier molecular flexibility index (Phi) is 5.98. The number of nitrogens with one attached hydrogen (secondary N) is 1. The molecule has 2 saturated heterocycles. The normalized spacial score (nSPS) is 21.4. The first-order valence-electron chi connectivity index (χ1n) is 9.43. The van der Waals surface area contributed by atoms with Crippen molar-refractivity contribution in [3.63, 3.8) is 0 Å². The van der Waals surface area contributed by atoms with Crippen LogP contribution in [0.15, 0.2) is 6.07 Å². The number of H-pyrrole nitrogens is 1. The Hall–Kier alpha value is -1.86. The number of morpholine rings is 1. The molecule has 2 aliphatic heterocycles. The van der Waals surface area contributed by atoms with Crippen LogP contribution in [0.25, 0.3) is 0 Å². The maximum atomic E-state index is 13.0. The van der Waals surface area contributed by atoms with E-state index in [9.17, 15) is 9.59 Å². The summed E-state index contributed by atoms with van der Waals surface area (Å²) in [6.07, 6.45) is 1.41. The Balaban J connectivity index is 1.70. The van der Waals surface area contributed by atoms with Crippen LogP contribution >= 0.6 is 0 Å². The van der Waals surface area contributed by atoms with Gasteiger partial charge in [0.25, 0.3) is 0 Å². The standard InChI is InChI=1S/C19H30N4O3/c1-14-9-16(15(2)20-14)10-23(12-17-11-21(3)7-8-26-17)19(25)13-22-6-4-5-18(22)24/h9,17,20H,4-8,10-13H2,1-3H3. The summed E-state index contributed by atoms with van der Waals surface area (Å²) in [6.45, 7) is 8.42. The molecule has 1 unspecified atom stereocenters. The number of aryl methyl sites for hydroxylation is 2. The summed E-state index contributed by atoms with van der Waals surface area (Å²) in [5, 5.41) is 0. The third kappa shape index (κ3) is 4.65. The first-order valence-corrected chi connectivity index (χ1v) is 9.43. The zero-order chi connectivity index (χ0) is 18.7. The Morgan fingerprint density at radius 2 is 2.19 bits per heavy atom. The van der Waals surface area contributed by atoms with E-state index in [-0.39, 0.29) is 24.5 Å². The number of aromatic nitrogens is 1. The smallest absolute Gasteiger partial charge is 0.242 e. The maximum absolute atomic E-state index is 13.0. The Bertz CT molecular complexity index is 657. The van der Waals surface area contributed by atoms with Gasteiger partial charge in [-0.05, 0) is 38.9 Å². The molecular weight excluding hydrogens is 332 g/mol. The first kappa shape index (κ1) is 18.9. The van der Waals surface area contributed by atoms with E-state index in [4.69, 9.17) is 4.74 Å². The van der Waals surface area contributed by atoms with Gasteiger partial charge in [0.1, 0.15) is 0 Å². The summed E-state index contributed by atoms with van der Waals surface area (Å²) in [5.74, 6) is 0.0796. The number of likely N-dealkylation sites (N-methyl/N-ethyl adjacent to an activating group) is 1. The van der Waals surface area contributed by atoms with Gasteiger partial charge in [-0.15, -0.1) is 0 Å². The minimum absolute atomic E-state index is 0.00432. The Morgan fingerprint density at radius 1 is 1.38 bits per heavy atom.